The molecule has 0 amide bonds. The van der Waals surface area contributed by atoms with Crippen LogP contribution in [-0.4, -0.2) is 0 Å². The average molecular weight is 365 g/mol. The van der Waals surface area contributed by atoms with Crippen LogP contribution in [0.5, 0.6) is 0 Å². The molecule has 0 N–H and O–H groups in total. The van der Waals surface area contributed by atoms with E-state index in [1.54, 1.807) is 6.07 Å². The van der Waals surface area contributed by atoms with Crippen LogP contribution < -0.4 is 0 Å². The van der Waals surface area contributed by atoms with E-state index in [0.29, 0.717) is 11.6 Å². The number of benzene rings is 2. The van der Waals surface area contributed by atoms with Gasteiger partial charge in [-0.15, -0.1) is 0 Å². The third-order valence-corrected chi connectivity index (χ3v) is 3.78. The molecule has 2 aromatic carbocycles. The summed E-state index contributed by atoms with van der Waals surface area (Å²) >= 11 is 3.17. The molecule has 1 unspecified atom stereocenters. The molecule has 0 fully saturated rings. The standard InChI is InChI=1S/C15H10BrF5/c16-13(7-9-2-1-3-11(17)6-9)12-8-10(15(19,20)21)4-5-14(12)18/h1-6,8,13H,7H2. The molecule has 0 spiro atoms. The molecule has 0 aliphatic carbocycles. The fraction of sp³-hybridized carbons (Fsp3) is 0.200. The Hall–Kier alpha value is -1.43. The lowest BCUT2D eigenvalue weighted by molar-refractivity contribution is -0.137. The monoisotopic (exact) mass is 364 g/mol. The topological polar surface area (TPSA) is 0 Å². The van der Waals surface area contributed by atoms with Crippen molar-refractivity contribution in [2.24, 2.45) is 0 Å². The third kappa shape index (κ3) is 4.03. The molecule has 0 saturated carbocycles. The van der Waals surface area contributed by atoms with Gasteiger partial charge in [-0.2, -0.15) is 13.2 Å². The van der Waals surface area contributed by atoms with Crippen LogP contribution in [0.3, 0.4) is 0 Å². The maximum Gasteiger partial charge on any atom is 0.416 e. The van der Waals surface area contributed by atoms with Gasteiger partial charge in [0.1, 0.15) is 11.6 Å². The number of alkyl halides is 4. The van der Waals surface area contributed by atoms with E-state index < -0.39 is 28.2 Å². The first-order chi connectivity index (χ1) is 9.77. The average Bonchev–Trinajstić information content (AvgIpc) is 2.37. The SMILES string of the molecule is Fc1cccc(CC(Br)c2cc(C(F)(F)F)ccc2F)c1. The first-order valence-corrected chi connectivity index (χ1v) is 6.94. The molecule has 21 heavy (non-hydrogen) atoms. The van der Waals surface area contributed by atoms with Crippen molar-refractivity contribution < 1.29 is 22.0 Å². The number of rotatable bonds is 3. The van der Waals surface area contributed by atoms with Gasteiger partial charge >= 0.3 is 6.18 Å². The molecular weight excluding hydrogens is 355 g/mol. The van der Waals surface area contributed by atoms with Gasteiger partial charge in [-0.1, -0.05) is 28.1 Å². The van der Waals surface area contributed by atoms with E-state index in [1.807, 2.05) is 0 Å². The summed E-state index contributed by atoms with van der Waals surface area (Å²) in [6.45, 7) is 0. The van der Waals surface area contributed by atoms with Crippen LogP contribution in [0, 0.1) is 11.6 Å². The predicted octanol–water partition coefficient (Wildman–Crippen LogP) is 5.66. The lowest BCUT2D eigenvalue weighted by Gasteiger charge is -2.14. The Labute approximate surface area is 126 Å². The van der Waals surface area contributed by atoms with Crippen LogP contribution in [0.4, 0.5) is 22.0 Å². The predicted molar refractivity (Wildman–Crippen MR) is 73.2 cm³/mol. The quantitative estimate of drug-likeness (QED) is 0.486. The molecule has 2 aromatic rings. The summed E-state index contributed by atoms with van der Waals surface area (Å²) in [4.78, 5) is -0.679. The molecule has 0 nitrogen and oxygen atoms in total. The number of hydrogen-bond acceptors (Lipinski definition) is 0. The van der Waals surface area contributed by atoms with Crippen LogP contribution >= 0.6 is 15.9 Å². The molecule has 0 saturated heterocycles. The first kappa shape index (κ1) is 15.9. The van der Waals surface area contributed by atoms with E-state index in [1.165, 1.54) is 18.2 Å². The zero-order chi connectivity index (χ0) is 15.6. The third-order valence-electron chi connectivity index (χ3n) is 2.96. The Bertz CT molecular complexity index is 636. The van der Waals surface area contributed by atoms with E-state index in [4.69, 9.17) is 0 Å². The summed E-state index contributed by atoms with van der Waals surface area (Å²) < 4.78 is 64.8. The van der Waals surface area contributed by atoms with Crippen molar-refractivity contribution in [3.63, 3.8) is 0 Å². The molecule has 0 bridgehead atoms. The van der Waals surface area contributed by atoms with E-state index in [2.05, 4.69) is 15.9 Å². The van der Waals surface area contributed by atoms with Gasteiger partial charge in [0.2, 0.25) is 0 Å². The van der Waals surface area contributed by atoms with Crippen LogP contribution in [0.1, 0.15) is 21.5 Å². The van der Waals surface area contributed by atoms with Crippen molar-refractivity contribution in [3.8, 4) is 0 Å². The van der Waals surface area contributed by atoms with E-state index in [-0.39, 0.29) is 12.0 Å². The Kier molecular flexibility index (Phi) is 4.66. The van der Waals surface area contributed by atoms with Crippen LogP contribution in [0.2, 0.25) is 0 Å². The lowest BCUT2D eigenvalue weighted by Crippen LogP contribution is -2.08. The minimum Gasteiger partial charge on any atom is -0.207 e. The van der Waals surface area contributed by atoms with Gasteiger partial charge < -0.3 is 0 Å². The van der Waals surface area contributed by atoms with Gasteiger partial charge in [-0.25, -0.2) is 8.78 Å². The molecule has 0 aliphatic heterocycles. The second-order valence-corrected chi connectivity index (χ2v) is 5.64. The van der Waals surface area contributed by atoms with Crippen LogP contribution in [0.15, 0.2) is 42.5 Å². The lowest BCUT2D eigenvalue weighted by atomic mass is 10.0. The molecule has 112 valence electrons. The number of halogens is 6. The van der Waals surface area contributed by atoms with E-state index in [0.717, 1.165) is 12.1 Å². The van der Waals surface area contributed by atoms with Gasteiger partial charge in [0.05, 0.1) is 5.56 Å². The van der Waals surface area contributed by atoms with Gasteiger partial charge in [0, 0.05) is 10.4 Å². The number of hydrogen-bond donors (Lipinski definition) is 0. The van der Waals surface area contributed by atoms with Gasteiger partial charge in [0.15, 0.2) is 0 Å². The van der Waals surface area contributed by atoms with Gasteiger partial charge in [-0.3, -0.25) is 0 Å². The Balaban J connectivity index is 2.28. The van der Waals surface area contributed by atoms with Crippen molar-refractivity contribution in [1.29, 1.82) is 0 Å². The van der Waals surface area contributed by atoms with Crippen molar-refractivity contribution in [3.05, 3.63) is 70.8 Å². The first-order valence-electron chi connectivity index (χ1n) is 6.02. The van der Waals surface area contributed by atoms with Crippen LogP contribution in [-0.2, 0) is 12.6 Å². The molecule has 0 radical (unpaired) electrons. The minimum absolute atomic E-state index is 0.103. The summed E-state index contributed by atoms with van der Waals surface area (Å²) in [6, 6.07) is 7.90. The Morgan fingerprint density at radius 2 is 1.71 bits per heavy atom. The maximum absolute atomic E-state index is 13.7. The fourth-order valence-corrected chi connectivity index (χ4v) is 2.67. The van der Waals surface area contributed by atoms with Crippen molar-refractivity contribution >= 4 is 15.9 Å². The molecule has 1 atom stereocenters. The zero-order valence-corrected chi connectivity index (χ0v) is 12.2. The summed E-state index contributed by atoms with van der Waals surface area (Å²) in [5.41, 5.74) is -0.453. The van der Waals surface area contributed by atoms with Crippen molar-refractivity contribution in [2.75, 3.05) is 0 Å². The molecular formula is C15H10BrF5. The second kappa shape index (κ2) is 6.13. The zero-order valence-electron chi connectivity index (χ0n) is 10.6. The Morgan fingerprint density at radius 1 is 1.00 bits per heavy atom. The maximum atomic E-state index is 13.7. The molecule has 0 aliphatic rings. The normalized spacial score (nSPS) is 13.2. The Morgan fingerprint density at radius 3 is 2.33 bits per heavy atom. The van der Waals surface area contributed by atoms with Gasteiger partial charge in [-0.05, 0) is 42.3 Å². The van der Waals surface area contributed by atoms with Crippen LogP contribution in [0.25, 0.3) is 0 Å². The highest BCUT2D eigenvalue weighted by Gasteiger charge is 2.31. The summed E-state index contributed by atoms with van der Waals surface area (Å²) in [6.07, 6.45) is -4.36. The minimum atomic E-state index is -4.53. The molecule has 2 rings (SSSR count). The van der Waals surface area contributed by atoms with E-state index >= 15 is 0 Å². The van der Waals surface area contributed by atoms with Gasteiger partial charge in [0.25, 0.3) is 0 Å². The summed E-state index contributed by atoms with van der Waals surface area (Å²) in [5, 5.41) is 0. The molecule has 0 heterocycles. The summed E-state index contributed by atoms with van der Waals surface area (Å²) in [5.74, 6) is -1.18. The molecule has 0 aromatic heterocycles. The van der Waals surface area contributed by atoms with Crippen molar-refractivity contribution in [1.82, 2.24) is 0 Å². The highest BCUT2D eigenvalue weighted by Crippen LogP contribution is 2.35. The largest absolute Gasteiger partial charge is 0.416 e. The highest BCUT2D eigenvalue weighted by molar-refractivity contribution is 9.09. The highest BCUT2D eigenvalue weighted by atomic mass is 79.9. The van der Waals surface area contributed by atoms with Crippen molar-refractivity contribution in [2.45, 2.75) is 17.4 Å². The molecule has 6 heteroatoms. The smallest absolute Gasteiger partial charge is 0.207 e. The summed E-state index contributed by atoms with van der Waals surface area (Å²) in [7, 11) is 0. The van der Waals surface area contributed by atoms with E-state index in [9.17, 15) is 22.0 Å². The fourth-order valence-electron chi connectivity index (χ4n) is 1.94. The second-order valence-electron chi connectivity index (χ2n) is 4.54.